The average molecular weight is 849 g/mol. The Labute approximate surface area is 351 Å². The third-order valence-corrected chi connectivity index (χ3v) is 13.3. The van der Waals surface area contributed by atoms with E-state index in [2.05, 4.69) is 44.4 Å². The van der Waals surface area contributed by atoms with Crippen molar-refractivity contribution in [2.75, 3.05) is 32.5 Å². The molecule has 0 atom stereocenters. The highest BCUT2D eigenvalue weighted by Gasteiger charge is 2.18. The number of aromatic nitrogens is 4. The van der Waals surface area contributed by atoms with Crippen LogP contribution in [0.25, 0.3) is 46.1 Å². The minimum absolute atomic E-state index is 0.0297. The van der Waals surface area contributed by atoms with Crippen LogP contribution in [0, 0.1) is 10.1 Å². The molecular weight excluding hydrogens is 797 g/mol. The number of non-ortho nitro benzene ring substituents is 1. The van der Waals surface area contributed by atoms with E-state index in [0.29, 0.717) is 30.3 Å². The molecule has 60 heavy (non-hydrogen) atoms. The Kier molecular flexibility index (Phi) is 12.7. The summed E-state index contributed by atoms with van der Waals surface area (Å²) in [5.41, 5.74) is 12.0. The van der Waals surface area contributed by atoms with Crippen molar-refractivity contribution < 1.29 is 33.3 Å². The van der Waals surface area contributed by atoms with Gasteiger partial charge >= 0.3 is 0 Å². The zero-order valence-electron chi connectivity index (χ0n) is 35.0. The predicted octanol–water partition coefficient (Wildman–Crippen LogP) is 9.99. The summed E-state index contributed by atoms with van der Waals surface area (Å²) < 4.78 is 36.9. The van der Waals surface area contributed by atoms with Crippen molar-refractivity contribution in [3.05, 3.63) is 105 Å². The zero-order chi connectivity index (χ0) is 42.4. The molecule has 0 saturated carbocycles. The van der Waals surface area contributed by atoms with Gasteiger partial charge in [0.2, 0.25) is 13.6 Å². The first-order valence-corrected chi connectivity index (χ1v) is 27.3. The van der Waals surface area contributed by atoms with Gasteiger partial charge in [-0.3, -0.25) is 10.1 Å². The molecule has 2 aliphatic heterocycles. The first-order valence-electron chi connectivity index (χ1n) is 19.9. The molecule has 2 aliphatic rings. The van der Waals surface area contributed by atoms with Gasteiger partial charge in [0.05, 0.1) is 27.3 Å². The molecule has 0 aliphatic carbocycles. The van der Waals surface area contributed by atoms with E-state index in [1.165, 1.54) is 6.07 Å². The van der Waals surface area contributed by atoms with Crippen LogP contribution in [-0.2, 0) is 22.9 Å². The maximum Gasteiger partial charge on any atom is 0.271 e. The molecule has 314 valence electrons. The van der Waals surface area contributed by atoms with Crippen molar-refractivity contribution >= 4 is 73.6 Å². The fourth-order valence-electron chi connectivity index (χ4n) is 6.40. The number of hydrogen-bond donors (Lipinski definition) is 1. The topological polar surface area (TPSA) is 160 Å². The fourth-order valence-corrected chi connectivity index (χ4v) is 7.92. The van der Waals surface area contributed by atoms with Gasteiger partial charge in [0.15, 0.2) is 23.0 Å². The van der Waals surface area contributed by atoms with Crippen LogP contribution in [0.4, 0.5) is 11.4 Å². The van der Waals surface area contributed by atoms with Crippen LogP contribution in [0.15, 0.2) is 72.8 Å². The molecular formula is C44H52N6O8Si2. The summed E-state index contributed by atoms with van der Waals surface area (Å²) >= 11 is 0. The maximum atomic E-state index is 11.3. The van der Waals surface area contributed by atoms with Gasteiger partial charge in [-0.25, -0.2) is 9.36 Å². The van der Waals surface area contributed by atoms with Crippen LogP contribution in [0.1, 0.15) is 22.5 Å². The summed E-state index contributed by atoms with van der Waals surface area (Å²) in [4.78, 5) is 10.9. The summed E-state index contributed by atoms with van der Waals surface area (Å²) in [5, 5.41) is 22.5. The maximum absolute atomic E-state index is 11.3. The van der Waals surface area contributed by atoms with Crippen LogP contribution in [0.3, 0.4) is 0 Å². The molecule has 0 unspecified atom stereocenters. The Hall–Kier alpha value is -5.95. The number of fused-ring (bicyclic) bond motifs is 4. The molecule has 4 aromatic carbocycles. The molecule has 14 nitrogen and oxygen atoms in total. The first-order chi connectivity index (χ1) is 28.7. The van der Waals surface area contributed by atoms with E-state index in [1.54, 1.807) is 16.8 Å². The van der Waals surface area contributed by atoms with Crippen molar-refractivity contribution in [3.8, 4) is 23.0 Å². The van der Waals surface area contributed by atoms with Crippen molar-refractivity contribution in [2.45, 2.75) is 64.8 Å². The Morgan fingerprint density at radius 3 is 1.60 bits per heavy atom. The second-order valence-electron chi connectivity index (χ2n) is 17.1. The SMILES string of the molecule is C[Si](C)(C)CCOCn1nc(/C=C/c2ccc3c(c2)OCO3)c2ccc(N)cc21.C[Si](C)(C)CCOCn1nc(/C=C/c2ccc3c(c2)OCO3)c2ccc([N+](=O)[O-])cc21. The molecule has 2 N–H and O–H groups in total. The number of benzene rings is 4. The van der Waals surface area contributed by atoms with E-state index in [4.69, 9.17) is 39.3 Å². The summed E-state index contributed by atoms with van der Waals surface area (Å²) in [6, 6.07) is 24.4. The number of nitrogens with two attached hydrogens (primary N) is 1. The molecule has 0 spiro atoms. The normalized spacial score (nSPS) is 13.5. The molecule has 6 aromatic rings. The second kappa shape index (κ2) is 18.1. The first kappa shape index (κ1) is 42.2. The molecule has 0 saturated heterocycles. The van der Waals surface area contributed by atoms with Gasteiger partial charge in [0.25, 0.3) is 5.69 Å². The van der Waals surface area contributed by atoms with E-state index in [9.17, 15) is 10.1 Å². The lowest BCUT2D eigenvalue weighted by Crippen LogP contribution is -2.22. The third kappa shape index (κ3) is 10.8. The zero-order valence-corrected chi connectivity index (χ0v) is 37.0. The summed E-state index contributed by atoms with van der Waals surface area (Å²) in [5.74, 6) is 2.99. The van der Waals surface area contributed by atoms with Gasteiger partial charge in [-0.15, -0.1) is 0 Å². The van der Waals surface area contributed by atoms with E-state index < -0.39 is 21.1 Å². The minimum Gasteiger partial charge on any atom is -0.454 e. The standard InChI is InChI=1S/C22H25N3O5Si.C22H27N3O3Si/c1-31(2,3)11-10-28-14-24-20-13-17(25(26)27)6-7-18(20)19(23-24)8-4-16-5-9-21-22(12-16)30-15-29-21;1-29(2,3)11-10-26-14-25-20-13-17(23)6-7-18(20)19(24-25)8-4-16-5-9-21-22(12-16)28-15-27-21/h4-9,12-13H,10-11,14-15H2,1-3H3;4-9,12-13H,10-11,14-15,23H2,1-3H3/b2*8-4+. The molecule has 0 bridgehead atoms. The lowest BCUT2D eigenvalue weighted by atomic mass is 10.1. The fraction of sp³-hybridized carbons (Fsp3) is 0.318. The molecule has 2 aromatic heterocycles. The highest BCUT2D eigenvalue weighted by molar-refractivity contribution is 6.76. The number of hydrogen-bond acceptors (Lipinski definition) is 11. The van der Waals surface area contributed by atoms with Crippen LogP contribution < -0.4 is 24.7 Å². The number of ether oxygens (including phenoxy) is 6. The van der Waals surface area contributed by atoms with Crippen LogP contribution in [-0.4, -0.2) is 67.4 Å². The Morgan fingerprint density at radius 1 is 0.650 bits per heavy atom. The van der Waals surface area contributed by atoms with Crippen LogP contribution in [0.2, 0.25) is 51.4 Å². The van der Waals surface area contributed by atoms with E-state index in [0.717, 1.165) is 74.7 Å². The monoisotopic (exact) mass is 848 g/mol. The van der Waals surface area contributed by atoms with Gasteiger partial charge in [0, 0.05) is 58.0 Å². The van der Waals surface area contributed by atoms with Crippen molar-refractivity contribution in [2.24, 2.45) is 0 Å². The highest BCUT2D eigenvalue weighted by atomic mass is 28.3. The summed E-state index contributed by atoms with van der Waals surface area (Å²) in [6.45, 7) is 16.5. The number of nitro benzene ring substituents is 1. The largest absolute Gasteiger partial charge is 0.454 e. The summed E-state index contributed by atoms with van der Waals surface area (Å²) in [7, 11) is -2.32. The van der Waals surface area contributed by atoms with Crippen molar-refractivity contribution in [1.29, 1.82) is 0 Å². The number of anilines is 1. The molecule has 0 radical (unpaired) electrons. The van der Waals surface area contributed by atoms with E-state index in [1.807, 2.05) is 83.6 Å². The lowest BCUT2D eigenvalue weighted by molar-refractivity contribution is -0.384. The minimum atomic E-state index is -1.20. The lowest BCUT2D eigenvalue weighted by Gasteiger charge is -2.15. The van der Waals surface area contributed by atoms with Gasteiger partial charge < -0.3 is 34.2 Å². The Bertz CT molecular complexity index is 2550. The predicted molar refractivity (Wildman–Crippen MR) is 242 cm³/mol. The van der Waals surface area contributed by atoms with Gasteiger partial charge in [-0.1, -0.05) is 63.6 Å². The molecule has 4 heterocycles. The molecule has 8 rings (SSSR count). The van der Waals surface area contributed by atoms with Crippen LogP contribution in [0.5, 0.6) is 23.0 Å². The average Bonchev–Trinajstić information content (AvgIpc) is 4.01. The summed E-state index contributed by atoms with van der Waals surface area (Å²) in [6.07, 6.45) is 7.86. The Morgan fingerprint density at radius 2 is 1.12 bits per heavy atom. The highest BCUT2D eigenvalue weighted by Crippen LogP contribution is 2.35. The molecule has 0 fully saturated rings. The number of rotatable bonds is 15. The quantitative estimate of drug-likeness (QED) is 0.0344. The smallest absolute Gasteiger partial charge is 0.271 e. The number of nitro groups is 1. The van der Waals surface area contributed by atoms with Gasteiger partial charge in [-0.2, -0.15) is 10.2 Å². The Balaban J connectivity index is 0.000000182. The van der Waals surface area contributed by atoms with E-state index in [-0.39, 0.29) is 26.0 Å². The van der Waals surface area contributed by atoms with Crippen LogP contribution >= 0.6 is 0 Å². The number of nitrogen functional groups attached to an aromatic ring is 1. The van der Waals surface area contributed by atoms with Crippen molar-refractivity contribution in [1.82, 2.24) is 19.6 Å². The number of nitrogens with zero attached hydrogens (tertiary/aromatic N) is 5. The third-order valence-electron chi connectivity index (χ3n) is 9.86. The van der Waals surface area contributed by atoms with Gasteiger partial charge in [-0.05, 0) is 83.9 Å². The second-order valence-corrected chi connectivity index (χ2v) is 28.3. The molecule has 16 heteroatoms. The van der Waals surface area contributed by atoms with E-state index >= 15 is 0 Å². The van der Waals surface area contributed by atoms with Crippen molar-refractivity contribution in [3.63, 3.8) is 0 Å². The molecule has 0 amide bonds. The van der Waals surface area contributed by atoms with Gasteiger partial charge in [0.1, 0.15) is 13.5 Å².